The number of ether oxygens (including phenoxy) is 2. The van der Waals surface area contributed by atoms with E-state index in [0.717, 1.165) is 37.8 Å². The molecule has 5 nitrogen and oxygen atoms in total. The van der Waals surface area contributed by atoms with Crippen LogP contribution in [0.15, 0.2) is 12.2 Å². The van der Waals surface area contributed by atoms with E-state index >= 15 is 0 Å². The van der Waals surface area contributed by atoms with Crippen LogP contribution in [0.25, 0.3) is 0 Å². The lowest BCUT2D eigenvalue weighted by Crippen LogP contribution is -2.19. The first kappa shape index (κ1) is 17.6. The number of nitrogens with zero attached hydrogens (tertiary/aromatic N) is 1. The lowest BCUT2D eigenvalue weighted by Gasteiger charge is -2.08. The molecule has 0 aromatic carbocycles. The molecule has 0 saturated heterocycles. The maximum absolute atomic E-state index is 11.2. The van der Waals surface area contributed by atoms with E-state index < -0.39 is 11.9 Å². The molecule has 0 aliphatic rings. The smallest absolute Gasteiger partial charge is 0.331 e. The Balaban J connectivity index is 3.61. The van der Waals surface area contributed by atoms with Crippen molar-refractivity contribution in [1.82, 2.24) is 4.90 Å². The summed E-state index contributed by atoms with van der Waals surface area (Å²) in [5.74, 6) is -1.02. The van der Waals surface area contributed by atoms with Crippen molar-refractivity contribution in [3.63, 3.8) is 0 Å². The fraction of sp³-hybridized carbons (Fsp3) is 0.714. The summed E-state index contributed by atoms with van der Waals surface area (Å²) in [6.07, 6.45) is 6.42. The molecule has 0 fully saturated rings. The first-order chi connectivity index (χ1) is 9.06. The van der Waals surface area contributed by atoms with Gasteiger partial charge >= 0.3 is 11.9 Å². The second kappa shape index (κ2) is 11.7. The Morgan fingerprint density at radius 2 is 1.53 bits per heavy atom. The van der Waals surface area contributed by atoms with Crippen molar-refractivity contribution in [1.29, 1.82) is 0 Å². The van der Waals surface area contributed by atoms with Crippen LogP contribution in [0.2, 0.25) is 0 Å². The fourth-order valence-corrected chi connectivity index (χ4v) is 1.26. The van der Waals surface area contributed by atoms with Crippen LogP contribution in [0.4, 0.5) is 0 Å². The van der Waals surface area contributed by atoms with Gasteiger partial charge in [-0.1, -0.05) is 26.2 Å². The Morgan fingerprint density at radius 3 is 2.05 bits per heavy atom. The topological polar surface area (TPSA) is 55.8 Å². The summed E-state index contributed by atoms with van der Waals surface area (Å²) in [6, 6.07) is 0. The van der Waals surface area contributed by atoms with Crippen molar-refractivity contribution in [2.24, 2.45) is 0 Å². The summed E-state index contributed by atoms with van der Waals surface area (Å²) in [5, 5.41) is 0. The number of rotatable bonds is 10. The van der Waals surface area contributed by atoms with E-state index in [2.05, 4.69) is 6.92 Å². The SMILES string of the molecule is CCCCCCOC(=O)/C=C/C(=O)OCCN(C)C. The second-order valence-electron chi connectivity index (χ2n) is 4.53. The monoisotopic (exact) mass is 271 g/mol. The van der Waals surface area contributed by atoms with Crippen molar-refractivity contribution in [3.05, 3.63) is 12.2 Å². The Bertz CT molecular complexity index is 287. The van der Waals surface area contributed by atoms with Gasteiger partial charge in [-0.3, -0.25) is 0 Å². The lowest BCUT2D eigenvalue weighted by molar-refractivity contribution is -0.140. The molecule has 5 heteroatoms. The molecule has 0 spiro atoms. The quantitative estimate of drug-likeness (QED) is 0.344. The van der Waals surface area contributed by atoms with Gasteiger partial charge in [0.2, 0.25) is 0 Å². The maximum atomic E-state index is 11.2. The van der Waals surface area contributed by atoms with E-state index in [1.165, 1.54) is 0 Å². The van der Waals surface area contributed by atoms with Gasteiger partial charge < -0.3 is 14.4 Å². The van der Waals surface area contributed by atoms with Gasteiger partial charge in [0.1, 0.15) is 6.61 Å². The lowest BCUT2D eigenvalue weighted by atomic mass is 10.2. The Kier molecular flexibility index (Phi) is 10.9. The summed E-state index contributed by atoms with van der Waals surface area (Å²) in [7, 11) is 3.78. The molecule has 0 rings (SSSR count). The van der Waals surface area contributed by atoms with Gasteiger partial charge in [-0.05, 0) is 20.5 Å². The number of hydrogen-bond acceptors (Lipinski definition) is 5. The number of hydrogen-bond donors (Lipinski definition) is 0. The van der Waals surface area contributed by atoms with E-state index in [0.29, 0.717) is 19.8 Å². The molecule has 0 saturated carbocycles. The average molecular weight is 271 g/mol. The fourth-order valence-electron chi connectivity index (χ4n) is 1.26. The van der Waals surface area contributed by atoms with Crippen LogP contribution in [-0.2, 0) is 19.1 Å². The van der Waals surface area contributed by atoms with Crippen LogP contribution in [-0.4, -0.2) is 50.7 Å². The first-order valence-electron chi connectivity index (χ1n) is 6.72. The molecule has 0 aliphatic heterocycles. The van der Waals surface area contributed by atoms with E-state index in [1.54, 1.807) is 0 Å². The van der Waals surface area contributed by atoms with Crippen molar-refractivity contribution < 1.29 is 19.1 Å². The van der Waals surface area contributed by atoms with Gasteiger partial charge in [0.05, 0.1) is 6.61 Å². The Hall–Kier alpha value is -1.36. The van der Waals surface area contributed by atoms with E-state index in [4.69, 9.17) is 9.47 Å². The van der Waals surface area contributed by atoms with E-state index in [-0.39, 0.29) is 0 Å². The second-order valence-corrected chi connectivity index (χ2v) is 4.53. The minimum absolute atomic E-state index is 0.308. The van der Waals surface area contributed by atoms with Crippen LogP contribution in [0.3, 0.4) is 0 Å². The van der Waals surface area contributed by atoms with Gasteiger partial charge in [-0.2, -0.15) is 0 Å². The summed E-state index contributed by atoms with van der Waals surface area (Å²) in [5.41, 5.74) is 0. The highest BCUT2D eigenvalue weighted by molar-refractivity contribution is 5.91. The molecule has 0 amide bonds. The van der Waals surface area contributed by atoms with Crippen LogP contribution >= 0.6 is 0 Å². The number of likely N-dealkylation sites (N-methyl/N-ethyl adjacent to an activating group) is 1. The van der Waals surface area contributed by atoms with Crippen LogP contribution in [0.1, 0.15) is 32.6 Å². The zero-order valence-electron chi connectivity index (χ0n) is 12.2. The van der Waals surface area contributed by atoms with Gasteiger partial charge in [-0.25, -0.2) is 9.59 Å². The molecule has 0 bridgehead atoms. The summed E-state index contributed by atoms with van der Waals surface area (Å²) in [6.45, 7) is 3.49. The molecule has 19 heavy (non-hydrogen) atoms. The highest BCUT2D eigenvalue weighted by atomic mass is 16.5. The third-order valence-corrected chi connectivity index (χ3v) is 2.38. The highest BCUT2D eigenvalue weighted by Gasteiger charge is 2.01. The molecule has 0 radical (unpaired) electrons. The molecule has 0 aliphatic carbocycles. The first-order valence-corrected chi connectivity index (χ1v) is 6.72. The van der Waals surface area contributed by atoms with Crippen molar-refractivity contribution in [2.45, 2.75) is 32.6 Å². The third kappa shape index (κ3) is 12.9. The Morgan fingerprint density at radius 1 is 0.947 bits per heavy atom. The molecule has 0 N–H and O–H groups in total. The van der Waals surface area contributed by atoms with Gasteiger partial charge in [0.25, 0.3) is 0 Å². The standard InChI is InChI=1S/C14H25NO4/c1-4-5-6-7-11-18-13(16)8-9-14(17)19-12-10-15(2)3/h8-9H,4-7,10-12H2,1-3H3/b9-8+. The normalized spacial score (nSPS) is 10.9. The highest BCUT2D eigenvalue weighted by Crippen LogP contribution is 1.99. The number of carbonyl (C=O) groups is 2. The van der Waals surface area contributed by atoms with Crippen molar-refractivity contribution in [2.75, 3.05) is 33.9 Å². The molecule has 0 heterocycles. The summed E-state index contributed by atoms with van der Waals surface area (Å²) in [4.78, 5) is 24.4. The Labute approximate surface area is 115 Å². The predicted molar refractivity (Wildman–Crippen MR) is 73.8 cm³/mol. The van der Waals surface area contributed by atoms with Crippen LogP contribution < -0.4 is 0 Å². The van der Waals surface area contributed by atoms with Gasteiger partial charge in [0.15, 0.2) is 0 Å². The van der Waals surface area contributed by atoms with Crippen LogP contribution in [0.5, 0.6) is 0 Å². The number of esters is 2. The molecule has 0 aromatic heterocycles. The molecular formula is C14H25NO4. The van der Waals surface area contributed by atoms with E-state index in [9.17, 15) is 9.59 Å². The third-order valence-electron chi connectivity index (χ3n) is 2.38. The zero-order chi connectivity index (χ0) is 14.5. The molecule has 0 unspecified atom stereocenters. The minimum atomic E-state index is -0.523. The average Bonchev–Trinajstić information content (AvgIpc) is 2.35. The van der Waals surface area contributed by atoms with Crippen molar-refractivity contribution >= 4 is 11.9 Å². The molecule has 0 atom stereocenters. The van der Waals surface area contributed by atoms with Gasteiger partial charge in [0, 0.05) is 18.7 Å². The van der Waals surface area contributed by atoms with Crippen molar-refractivity contribution in [3.8, 4) is 0 Å². The van der Waals surface area contributed by atoms with Gasteiger partial charge in [-0.15, -0.1) is 0 Å². The van der Waals surface area contributed by atoms with E-state index in [1.807, 2.05) is 19.0 Å². The molecule has 0 aromatic rings. The maximum Gasteiger partial charge on any atom is 0.331 e. The predicted octanol–water partition coefficient (Wildman–Crippen LogP) is 1.77. The number of carbonyl (C=O) groups excluding carboxylic acids is 2. The summed E-state index contributed by atoms with van der Waals surface area (Å²) >= 11 is 0. The number of unbranched alkanes of at least 4 members (excludes halogenated alkanes) is 3. The largest absolute Gasteiger partial charge is 0.463 e. The minimum Gasteiger partial charge on any atom is -0.463 e. The summed E-state index contributed by atoms with van der Waals surface area (Å²) < 4.78 is 9.83. The molecular weight excluding hydrogens is 246 g/mol. The molecule has 110 valence electrons. The van der Waals surface area contributed by atoms with Crippen LogP contribution in [0, 0.1) is 0 Å². The zero-order valence-corrected chi connectivity index (χ0v) is 12.2.